The average Bonchev–Trinajstić information content (AvgIpc) is 2.65. The molecule has 0 saturated heterocycles. The summed E-state index contributed by atoms with van der Waals surface area (Å²) in [6, 6.07) is 2.01. The van der Waals surface area contributed by atoms with Crippen LogP contribution in [0.2, 0.25) is 0 Å². The van der Waals surface area contributed by atoms with Gasteiger partial charge in [0.1, 0.15) is 0 Å². The Balaban J connectivity index is 2.60. The fourth-order valence-electron chi connectivity index (χ4n) is 2.39. The second kappa shape index (κ2) is 7.60. The molecule has 0 atom stereocenters. The van der Waals surface area contributed by atoms with Crippen molar-refractivity contribution in [3.05, 3.63) is 23.0 Å². The van der Waals surface area contributed by atoms with Crippen LogP contribution in [0.4, 0.5) is 0 Å². The van der Waals surface area contributed by atoms with E-state index >= 15 is 0 Å². The van der Waals surface area contributed by atoms with Gasteiger partial charge in [0.2, 0.25) is 0 Å². The summed E-state index contributed by atoms with van der Waals surface area (Å²) in [6.45, 7) is 9.66. The number of ketones is 1. The molecular formula is C16H29N3O. The van der Waals surface area contributed by atoms with Crippen LogP contribution in [-0.2, 0) is 7.05 Å². The molecule has 0 aliphatic heterocycles. The van der Waals surface area contributed by atoms with Crippen molar-refractivity contribution in [2.24, 2.45) is 7.05 Å². The van der Waals surface area contributed by atoms with Gasteiger partial charge in [-0.05, 0) is 60.1 Å². The number of likely N-dealkylation sites (N-methyl/N-ethyl adjacent to an activating group) is 1. The number of carbonyl (C=O) groups excluding carboxylic acids is 1. The average molecular weight is 279 g/mol. The number of hydrogen-bond acceptors (Lipinski definition) is 3. The zero-order valence-corrected chi connectivity index (χ0v) is 13.9. The molecule has 0 unspecified atom stereocenters. The third-order valence-electron chi connectivity index (χ3n) is 3.97. The summed E-state index contributed by atoms with van der Waals surface area (Å²) in [5.41, 5.74) is 3.08. The summed E-state index contributed by atoms with van der Waals surface area (Å²) in [4.78, 5) is 16.8. The molecule has 0 aromatic carbocycles. The smallest absolute Gasteiger partial charge is 0.178 e. The number of aromatic nitrogens is 1. The molecule has 4 nitrogen and oxygen atoms in total. The lowest BCUT2D eigenvalue weighted by atomic mass is 10.1. The van der Waals surface area contributed by atoms with E-state index in [4.69, 9.17) is 0 Å². The third kappa shape index (κ3) is 4.46. The Kier molecular flexibility index (Phi) is 6.43. The SMILES string of the molecule is CCN(CCCN(C)C)CC(=O)c1cc(C)n(C)c1C. The van der Waals surface area contributed by atoms with Crippen LogP contribution in [0, 0.1) is 13.8 Å². The van der Waals surface area contributed by atoms with Crippen LogP contribution in [-0.4, -0.2) is 60.4 Å². The molecule has 0 N–H and O–H groups in total. The fraction of sp³-hybridized carbons (Fsp3) is 0.688. The summed E-state index contributed by atoms with van der Waals surface area (Å²) < 4.78 is 2.08. The largest absolute Gasteiger partial charge is 0.351 e. The van der Waals surface area contributed by atoms with Crippen LogP contribution < -0.4 is 0 Å². The molecule has 0 radical (unpaired) electrons. The first kappa shape index (κ1) is 16.9. The lowest BCUT2D eigenvalue weighted by Gasteiger charge is -2.20. The Morgan fingerprint density at radius 3 is 2.35 bits per heavy atom. The van der Waals surface area contributed by atoms with Crippen molar-refractivity contribution in [1.82, 2.24) is 14.4 Å². The first-order valence-corrected chi connectivity index (χ1v) is 7.40. The minimum absolute atomic E-state index is 0.234. The van der Waals surface area contributed by atoms with Crippen LogP contribution in [0.1, 0.15) is 35.1 Å². The van der Waals surface area contributed by atoms with Crippen LogP contribution >= 0.6 is 0 Å². The van der Waals surface area contributed by atoms with Gasteiger partial charge in [0, 0.05) is 24.0 Å². The van der Waals surface area contributed by atoms with Gasteiger partial charge in [-0.15, -0.1) is 0 Å². The van der Waals surface area contributed by atoms with Gasteiger partial charge in [-0.1, -0.05) is 6.92 Å². The predicted molar refractivity (Wildman–Crippen MR) is 84.5 cm³/mol. The minimum Gasteiger partial charge on any atom is -0.351 e. The highest BCUT2D eigenvalue weighted by molar-refractivity contribution is 5.99. The van der Waals surface area contributed by atoms with Crippen molar-refractivity contribution >= 4 is 5.78 Å². The quantitative estimate of drug-likeness (QED) is 0.682. The van der Waals surface area contributed by atoms with E-state index in [-0.39, 0.29) is 5.78 Å². The van der Waals surface area contributed by atoms with E-state index < -0.39 is 0 Å². The molecule has 1 aromatic heterocycles. The van der Waals surface area contributed by atoms with Gasteiger partial charge in [0.25, 0.3) is 0 Å². The zero-order chi connectivity index (χ0) is 15.3. The van der Waals surface area contributed by atoms with Crippen molar-refractivity contribution in [2.45, 2.75) is 27.2 Å². The first-order valence-electron chi connectivity index (χ1n) is 7.40. The van der Waals surface area contributed by atoms with E-state index in [1.54, 1.807) is 0 Å². The Bertz CT molecular complexity index is 449. The normalized spacial score (nSPS) is 11.6. The summed E-state index contributed by atoms with van der Waals surface area (Å²) in [5, 5.41) is 0. The van der Waals surface area contributed by atoms with E-state index in [9.17, 15) is 4.79 Å². The second-order valence-electron chi connectivity index (χ2n) is 5.79. The fourth-order valence-corrected chi connectivity index (χ4v) is 2.39. The van der Waals surface area contributed by atoms with Crippen LogP contribution in [0.3, 0.4) is 0 Å². The number of hydrogen-bond donors (Lipinski definition) is 0. The first-order chi connectivity index (χ1) is 9.36. The molecule has 4 heteroatoms. The number of aryl methyl sites for hydroxylation is 1. The molecule has 1 heterocycles. The molecule has 0 saturated carbocycles. The van der Waals surface area contributed by atoms with Gasteiger partial charge in [-0.25, -0.2) is 0 Å². The van der Waals surface area contributed by atoms with Crippen LogP contribution in [0.25, 0.3) is 0 Å². The van der Waals surface area contributed by atoms with Gasteiger partial charge in [-0.3, -0.25) is 9.69 Å². The highest BCUT2D eigenvalue weighted by Crippen LogP contribution is 2.14. The molecule has 0 spiro atoms. The molecule has 0 amide bonds. The van der Waals surface area contributed by atoms with Crippen molar-refractivity contribution in [3.63, 3.8) is 0 Å². The summed E-state index contributed by atoms with van der Waals surface area (Å²) in [5.74, 6) is 0.234. The summed E-state index contributed by atoms with van der Waals surface area (Å²) in [7, 11) is 6.17. The van der Waals surface area contributed by atoms with Crippen molar-refractivity contribution in [2.75, 3.05) is 40.3 Å². The number of rotatable bonds is 8. The van der Waals surface area contributed by atoms with Crippen molar-refractivity contribution < 1.29 is 4.79 Å². The highest BCUT2D eigenvalue weighted by Gasteiger charge is 2.16. The molecule has 1 rings (SSSR count). The lowest BCUT2D eigenvalue weighted by Crippen LogP contribution is -2.32. The van der Waals surface area contributed by atoms with Gasteiger partial charge < -0.3 is 9.47 Å². The standard InChI is InChI=1S/C16H29N3O/c1-7-19(10-8-9-17(4)5)12-16(20)15-11-13(2)18(6)14(15)3/h11H,7-10,12H2,1-6H3. The van der Waals surface area contributed by atoms with E-state index in [1.807, 2.05) is 27.0 Å². The summed E-state index contributed by atoms with van der Waals surface area (Å²) >= 11 is 0. The molecule has 0 fully saturated rings. The topological polar surface area (TPSA) is 28.5 Å². The number of nitrogens with zero attached hydrogens (tertiary/aromatic N) is 3. The monoisotopic (exact) mass is 279 g/mol. The molecule has 0 aliphatic carbocycles. The van der Waals surface area contributed by atoms with E-state index in [0.717, 1.165) is 43.0 Å². The predicted octanol–water partition coefficient (Wildman–Crippen LogP) is 2.10. The van der Waals surface area contributed by atoms with Gasteiger partial charge >= 0.3 is 0 Å². The maximum absolute atomic E-state index is 12.4. The van der Waals surface area contributed by atoms with Crippen molar-refractivity contribution in [3.8, 4) is 0 Å². The van der Waals surface area contributed by atoms with Gasteiger partial charge in [-0.2, -0.15) is 0 Å². The summed E-state index contributed by atoms with van der Waals surface area (Å²) in [6.07, 6.45) is 1.10. The van der Waals surface area contributed by atoms with Crippen molar-refractivity contribution in [1.29, 1.82) is 0 Å². The second-order valence-corrected chi connectivity index (χ2v) is 5.79. The van der Waals surface area contributed by atoms with E-state index in [1.165, 1.54) is 0 Å². The third-order valence-corrected chi connectivity index (χ3v) is 3.97. The minimum atomic E-state index is 0.234. The molecule has 114 valence electrons. The van der Waals surface area contributed by atoms with E-state index in [0.29, 0.717) is 6.54 Å². The zero-order valence-electron chi connectivity index (χ0n) is 13.9. The molecular weight excluding hydrogens is 250 g/mol. The number of Topliss-reactive ketones (excluding diaryl/α,β-unsaturated/α-hetero) is 1. The maximum Gasteiger partial charge on any atom is 0.178 e. The Morgan fingerprint density at radius 1 is 1.25 bits per heavy atom. The van der Waals surface area contributed by atoms with Crippen LogP contribution in [0.15, 0.2) is 6.07 Å². The van der Waals surface area contributed by atoms with Crippen LogP contribution in [0.5, 0.6) is 0 Å². The lowest BCUT2D eigenvalue weighted by molar-refractivity contribution is 0.0931. The molecule has 0 bridgehead atoms. The van der Waals surface area contributed by atoms with E-state index in [2.05, 4.69) is 35.4 Å². The Labute approximate surface area is 123 Å². The maximum atomic E-state index is 12.4. The highest BCUT2D eigenvalue weighted by atomic mass is 16.1. The van der Waals surface area contributed by atoms with Gasteiger partial charge in [0.15, 0.2) is 5.78 Å². The Morgan fingerprint density at radius 2 is 1.90 bits per heavy atom. The molecule has 20 heavy (non-hydrogen) atoms. The Hall–Kier alpha value is -1.13. The molecule has 0 aliphatic rings. The van der Waals surface area contributed by atoms with Gasteiger partial charge in [0.05, 0.1) is 6.54 Å². The number of carbonyl (C=O) groups is 1. The molecule has 1 aromatic rings.